The molecular weight excluding hydrogens is 214 g/mol. The first kappa shape index (κ1) is 11.1. The lowest BCUT2D eigenvalue weighted by Crippen LogP contribution is -1.92. The highest BCUT2D eigenvalue weighted by Gasteiger charge is 2.00. The Morgan fingerprint density at radius 3 is 2.35 bits per heavy atom. The van der Waals surface area contributed by atoms with Gasteiger partial charge in [-0.3, -0.25) is 9.78 Å². The molecule has 3 heteroatoms. The lowest BCUT2D eigenvalue weighted by molar-refractivity contribution is 0.104. The van der Waals surface area contributed by atoms with Crippen LogP contribution in [0.25, 0.3) is 6.08 Å². The minimum Gasteiger partial charge on any atom is -0.508 e. The first-order chi connectivity index (χ1) is 8.25. The fourth-order valence-corrected chi connectivity index (χ4v) is 1.37. The van der Waals surface area contributed by atoms with Crippen LogP contribution in [0.5, 0.6) is 5.75 Å². The van der Waals surface area contributed by atoms with E-state index in [9.17, 15) is 4.79 Å². The quantitative estimate of drug-likeness (QED) is 0.645. The number of aromatic hydroxyl groups is 1. The van der Waals surface area contributed by atoms with Crippen LogP contribution in [0.4, 0.5) is 0 Å². The second-order valence-corrected chi connectivity index (χ2v) is 3.53. The molecule has 1 N–H and O–H groups in total. The highest BCUT2D eigenvalue weighted by Crippen LogP contribution is 2.11. The second kappa shape index (κ2) is 5.07. The van der Waals surface area contributed by atoms with Crippen molar-refractivity contribution in [1.29, 1.82) is 0 Å². The highest BCUT2D eigenvalue weighted by molar-refractivity contribution is 6.06. The Bertz CT molecular complexity index is 530. The lowest BCUT2D eigenvalue weighted by atomic mass is 10.1. The van der Waals surface area contributed by atoms with Crippen LogP contribution in [-0.2, 0) is 0 Å². The third-order valence-corrected chi connectivity index (χ3v) is 2.29. The fourth-order valence-electron chi connectivity index (χ4n) is 1.37. The van der Waals surface area contributed by atoms with Crippen molar-refractivity contribution in [3.63, 3.8) is 0 Å². The van der Waals surface area contributed by atoms with E-state index in [0.29, 0.717) is 5.56 Å². The fraction of sp³-hybridized carbons (Fsp3) is 0. The molecule has 0 fully saturated rings. The van der Waals surface area contributed by atoms with Gasteiger partial charge in [0.05, 0.1) is 0 Å². The number of benzene rings is 1. The van der Waals surface area contributed by atoms with E-state index in [-0.39, 0.29) is 11.5 Å². The number of pyridine rings is 1. The van der Waals surface area contributed by atoms with Crippen LogP contribution in [0.3, 0.4) is 0 Å². The summed E-state index contributed by atoms with van der Waals surface area (Å²) in [7, 11) is 0. The maximum atomic E-state index is 11.7. The van der Waals surface area contributed by atoms with Crippen LogP contribution in [-0.4, -0.2) is 15.9 Å². The van der Waals surface area contributed by atoms with E-state index in [1.807, 2.05) is 12.1 Å². The highest BCUT2D eigenvalue weighted by atomic mass is 16.3. The number of carbonyl (C=O) groups is 1. The van der Waals surface area contributed by atoms with Crippen molar-refractivity contribution in [2.24, 2.45) is 0 Å². The molecule has 0 aliphatic rings. The number of phenols is 1. The van der Waals surface area contributed by atoms with Crippen LogP contribution in [0.15, 0.2) is 54.9 Å². The van der Waals surface area contributed by atoms with Gasteiger partial charge in [-0.1, -0.05) is 6.08 Å². The van der Waals surface area contributed by atoms with E-state index in [2.05, 4.69) is 4.98 Å². The summed E-state index contributed by atoms with van der Waals surface area (Å²) in [4.78, 5) is 15.6. The summed E-state index contributed by atoms with van der Waals surface area (Å²) in [5, 5.41) is 9.11. The normalized spacial score (nSPS) is 10.6. The van der Waals surface area contributed by atoms with Gasteiger partial charge in [0.1, 0.15) is 5.75 Å². The van der Waals surface area contributed by atoms with E-state index in [0.717, 1.165) is 5.56 Å². The van der Waals surface area contributed by atoms with Crippen LogP contribution >= 0.6 is 0 Å². The van der Waals surface area contributed by atoms with Crippen LogP contribution < -0.4 is 0 Å². The average molecular weight is 225 g/mol. The van der Waals surface area contributed by atoms with Crippen molar-refractivity contribution in [2.45, 2.75) is 0 Å². The first-order valence-corrected chi connectivity index (χ1v) is 5.17. The maximum Gasteiger partial charge on any atom is 0.185 e. The van der Waals surface area contributed by atoms with E-state index in [4.69, 9.17) is 5.11 Å². The van der Waals surface area contributed by atoms with Crippen molar-refractivity contribution in [1.82, 2.24) is 4.98 Å². The number of phenolic OH excluding ortho intramolecular Hbond substituents is 1. The van der Waals surface area contributed by atoms with Gasteiger partial charge < -0.3 is 5.11 Å². The summed E-state index contributed by atoms with van der Waals surface area (Å²) in [6.07, 6.45) is 6.58. The number of rotatable bonds is 3. The molecule has 17 heavy (non-hydrogen) atoms. The smallest absolute Gasteiger partial charge is 0.185 e. The molecule has 0 spiro atoms. The molecule has 2 rings (SSSR count). The molecule has 1 aromatic heterocycles. The van der Waals surface area contributed by atoms with E-state index in [1.54, 1.807) is 30.6 Å². The predicted octanol–water partition coefficient (Wildman–Crippen LogP) is 2.68. The number of aromatic nitrogens is 1. The molecule has 0 bridgehead atoms. The minimum atomic E-state index is -0.0955. The van der Waals surface area contributed by atoms with Crippen molar-refractivity contribution in [3.8, 4) is 5.75 Å². The SMILES string of the molecule is O=C(/C=C/c1ccncc1)c1ccc(O)cc1. The van der Waals surface area contributed by atoms with Gasteiger partial charge in [-0.2, -0.15) is 0 Å². The number of hydrogen-bond donors (Lipinski definition) is 1. The molecule has 1 heterocycles. The number of allylic oxidation sites excluding steroid dienone is 1. The predicted molar refractivity (Wildman–Crippen MR) is 65.7 cm³/mol. The second-order valence-electron chi connectivity index (χ2n) is 3.53. The topological polar surface area (TPSA) is 50.2 Å². The van der Waals surface area contributed by atoms with Gasteiger partial charge >= 0.3 is 0 Å². The van der Waals surface area contributed by atoms with Gasteiger partial charge in [-0.25, -0.2) is 0 Å². The van der Waals surface area contributed by atoms with Gasteiger partial charge in [-0.05, 0) is 48.0 Å². The average Bonchev–Trinajstić information content (AvgIpc) is 2.38. The Kier molecular flexibility index (Phi) is 3.31. The van der Waals surface area contributed by atoms with E-state index >= 15 is 0 Å². The van der Waals surface area contributed by atoms with Crippen molar-refractivity contribution < 1.29 is 9.90 Å². The third-order valence-electron chi connectivity index (χ3n) is 2.29. The zero-order valence-corrected chi connectivity index (χ0v) is 9.08. The van der Waals surface area contributed by atoms with Crippen LogP contribution in [0.1, 0.15) is 15.9 Å². The van der Waals surface area contributed by atoms with Crippen molar-refractivity contribution in [3.05, 3.63) is 66.0 Å². The molecule has 0 radical (unpaired) electrons. The first-order valence-electron chi connectivity index (χ1n) is 5.17. The van der Waals surface area contributed by atoms with Gasteiger partial charge in [0, 0.05) is 18.0 Å². The van der Waals surface area contributed by atoms with E-state index < -0.39 is 0 Å². The van der Waals surface area contributed by atoms with Crippen molar-refractivity contribution in [2.75, 3.05) is 0 Å². The van der Waals surface area contributed by atoms with Crippen molar-refractivity contribution >= 4 is 11.9 Å². The monoisotopic (exact) mass is 225 g/mol. The largest absolute Gasteiger partial charge is 0.508 e. The Labute approximate surface area is 99.1 Å². The Hall–Kier alpha value is -2.42. The molecular formula is C14H11NO2. The standard InChI is InChI=1S/C14H11NO2/c16-13-4-2-12(3-5-13)14(17)6-1-11-7-9-15-10-8-11/h1-10,16H/b6-1+. The molecule has 0 saturated heterocycles. The number of nitrogens with zero attached hydrogens (tertiary/aromatic N) is 1. The summed E-state index contributed by atoms with van der Waals surface area (Å²) in [6, 6.07) is 9.81. The Morgan fingerprint density at radius 2 is 1.71 bits per heavy atom. The number of carbonyl (C=O) groups excluding carboxylic acids is 1. The molecule has 0 amide bonds. The maximum absolute atomic E-state index is 11.7. The zero-order valence-electron chi connectivity index (χ0n) is 9.08. The molecule has 0 saturated carbocycles. The molecule has 0 aliphatic heterocycles. The molecule has 0 aliphatic carbocycles. The third kappa shape index (κ3) is 3.01. The molecule has 84 valence electrons. The summed E-state index contributed by atoms with van der Waals surface area (Å²) in [6.45, 7) is 0. The summed E-state index contributed by atoms with van der Waals surface area (Å²) in [5.74, 6) is 0.0569. The van der Waals surface area contributed by atoms with Gasteiger partial charge in [0.2, 0.25) is 0 Å². The zero-order chi connectivity index (χ0) is 12.1. The lowest BCUT2D eigenvalue weighted by Gasteiger charge is -1.96. The Morgan fingerprint density at radius 1 is 1.06 bits per heavy atom. The molecule has 2 aromatic rings. The molecule has 0 atom stereocenters. The molecule has 3 nitrogen and oxygen atoms in total. The van der Waals surface area contributed by atoms with Gasteiger partial charge in [-0.15, -0.1) is 0 Å². The van der Waals surface area contributed by atoms with Gasteiger partial charge in [0.25, 0.3) is 0 Å². The molecule has 1 aromatic carbocycles. The Balaban J connectivity index is 2.12. The van der Waals surface area contributed by atoms with Gasteiger partial charge in [0.15, 0.2) is 5.78 Å². The molecule has 0 unspecified atom stereocenters. The summed E-state index contributed by atoms with van der Waals surface area (Å²) < 4.78 is 0. The van der Waals surface area contributed by atoms with Crippen LogP contribution in [0.2, 0.25) is 0 Å². The number of ketones is 1. The summed E-state index contributed by atoms with van der Waals surface area (Å²) >= 11 is 0. The van der Waals surface area contributed by atoms with Crippen LogP contribution in [0, 0.1) is 0 Å². The number of hydrogen-bond acceptors (Lipinski definition) is 3. The summed E-state index contributed by atoms with van der Waals surface area (Å²) in [5.41, 5.74) is 1.47. The van der Waals surface area contributed by atoms with E-state index in [1.165, 1.54) is 18.2 Å². The minimum absolute atomic E-state index is 0.0955.